The van der Waals surface area contributed by atoms with Crippen molar-refractivity contribution < 1.29 is 13.2 Å². The zero-order valence-corrected chi connectivity index (χ0v) is 15.3. The van der Waals surface area contributed by atoms with E-state index in [2.05, 4.69) is 20.2 Å². The average molecular weight is 364 g/mol. The van der Waals surface area contributed by atoms with Gasteiger partial charge in [0.05, 0.1) is 17.0 Å². The molecule has 1 heterocycles. The summed E-state index contributed by atoms with van der Waals surface area (Å²) in [6.07, 6.45) is 4.46. The van der Waals surface area contributed by atoms with Gasteiger partial charge in [0, 0.05) is 23.0 Å². The first-order valence-corrected chi connectivity index (χ1v) is 10.1. The number of benzene rings is 1. The molecule has 2 aromatic rings. The van der Waals surface area contributed by atoms with E-state index in [9.17, 15) is 13.2 Å². The highest BCUT2D eigenvalue weighted by atomic mass is 32.2. The van der Waals surface area contributed by atoms with Gasteiger partial charge < -0.3 is 5.32 Å². The minimum absolute atomic E-state index is 0.00647. The highest BCUT2D eigenvalue weighted by Crippen LogP contribution is 2.27. The molecule has 3 rings (SSSR count). The Morgan fingerprint density at radius 2 is 1.96 bits per heavy atom. The number of H-pyrrole nitrogens is 1. The number of carbonyl (C=O) groups is 1. The summed E-state index contributed by atoms with van der Waals surface area (Å²) in [6.45, 7) is 3.33. The Balaban J connectivity index is 1.54. The maximum atomic E-state index is 12.5. The molecule has 8 heteroatoms. The summed E-state index contributed by atoms with van der Waals surface area (Å²) in [7, 11) is -3.26. The standard InChI is InChI=1S/C17H24N4O3S/c1-11(2)25(23,24)21-14-5-3-12(4-6-14)17(22)19-15-7-8-16-13(9-15)10-18-20-16/h7-12,14,21H,3-6H2,1-2H3,(H,18,20)(H,19,22). The molecule has 0 bridgehead atoms. The predicted octanol–water partition coefficient (Wildman–Crippen LogP) is 2.39. The number of sulfonamides is 1. The van der Waals surface area contributed by atoms with Crippen LogP contribution in [0.1, 0.15) is 39.5 Å². The predicted molar refractivity (Wildman–Crippen MR) is 97.7 cm³/mol. The van der Waals surface area contributed by atoms with Gasteiger partial charge in [0.2, 0.25) is 15.9 Å². The van der Waals surface area contributed by atoms with E-state index in [4.69, 9.17) is 0 Å². The van der Waals surface area contributed by atoms with E-state index in [1.54, 1.807) is 20.0 Å². The molecule has 7 nitrogen and oxygen atoms in total. The van der Waals surface area contributed by atoms with Crippen molar-refractivity contribution in [1.82, 2.24) is 14.9 Å². The number of amides is 1. The Labute approximate surface area is 147 Å². The van der Waals surface area contributed by atoms with Crippen LogP contribution in [0.2, 0.25) is 0 Å². The largest absolute Gasteiger partial charge is 0.326 e. The molecule has 1 aromatic heterocycles. The van der Waals surface area contributed by atoms with Gasteiger partial charge in [-0.25, -0.2) is 13.1 Å². The van der Waals surface area contributed by atoms with E-state index in [1.165, 1.54) is 0 Å². The number of hydrogen-bond donors (Lipinski definition) is 3. The van der Waals surface area contributed by atoms with Gasteiger partial charge in [-0.2, -0.15) is 5.10 Å². The van der Waals surface area contributed by atoms with E-state index >= 15 is 0 Å². The number of anilines is 1. The lowest BCUT2D eigenvalue weighted by molar-refractivity contribution is -0.120. The fraction of sp³-hybridized carbons (Fsp3) is 0.529. The molecule has 1 saturated carbocycles. The van der Waals surface area contributed by atoms with Gasteiger partial charge in [0.1, 0.15) is 0 Å². The van der Waals surface area contributed by atoms with Crippen molar-refractivity contribution in [2.24, 2.45) is 5.92 Å². The first-order valence-electron chi connectivity index (χ1n) is 8.60. The molecule has 1 amide bonds. The second-order valence-electron chi connectivity index (χ2n) is 6.92. The third-order valence-corrected chi connectivity index (χ3v) is 6.66. The Morgan fingerprint density at radius 3 is 2.64 bits per heavy atom. The number of nitrogens with zero attached hydrogens (tertiary/aromatic N) is 1. The summed E-state index contributed by atoms with van der Waals surface area (Å²) in [5.74, 6) is -0.0899. The van der Waals surface area contributed by atoms with Crippen LogP contribution in [0.3, 0.4) is 0 Å². The highest BCUT2D eigenvalue weighted by Gasteiger charge is 2.29. The van der Waals surface area contributed by atoms with Crippen LogP contribution >= 0.6 is 0 Å². The molecular weight excluding hydrogens is 340 g/mol. The monoisotopic (exact) mass is 364 g/mol. The summed E-state index contributed by atoms with van der Waals surface area (Å²) in [6, 6.07) is 5.55. The third-order valence-electron chi connectivity index (χ3n) is 4.76. The number of hydrogen-bond acceptors (Lipinski definition) is 4. The summed E-state index contributed by atoms with van der Waals surface area (Å²) in [4.78, 5) is 12.5. The van der Waals surface area contributed by atoms with Crippen molar-refractivity contribution >= 4 is 32.5 Å². The number of fused-ring (bicyclic) bond motifs is 1. The minimum atomic E-state index is -3.26. The Kier molecular flexibility index (Phi) is 5.10. The van der Waals surface area contributed by atoms with Crippen LogP contribution in [-0.2, 0) is 14.8 Å². The molecule has 1 aliphatic carbocycles. The van der Waals surface area contributed by atoms with Crippen LogP contribution < -0.4 is 10.0 Å². The van der Waals surface area contributed by atoms with Gasteiger partial charge in [0.25, 0.3) is 0 Å². The van der Waals surface area contributed by atoms with Crippen LogP contribution in [0.15, 0.2) is 24.4 Å². The van der Waals surface area contributed by atoms with Crippen LogP contribution in [0.5, 0.6) is 0 Å². The van der Waals surface area contributed by atoms with E-state index in [-0.39, 0.29) is 17.9 Å². The molecular formula is C17H24N4O3S. The summed E-state index contributed by atoms with van der Waals surface area (Å²) < 4.78 is 26.6. The van der Waals surface area contributed by atoms with E-state index in [0.717, 1.165) is 16.6 Å². The second-order valence-corrected chi connectivity index (χ2v) is 9.19. The molecule has 0 unspecified atom stereocenters. The second kappa shape index (κ2) is 7.13. The van der Waals surface area contributed by atoms with Crippen LogP contribution in [-0.4, -0.2) is 35.8 Å². The number of aromatic amines is 1. The van der Waals surface area contributed by atoms with Crippen molar-refractivity contribution in [3.63, 3.8) is 0 Å². The lowest BCUT2D eigenvalue weighted by atomic mass is 9.86. The van der Waals surface area contributed by atoms with Crippen molar-refractivity contribution in [2.75, 3.05) is 5.32 Å². The van der Waals surface area contributed by atoms with Crippen LogP contribution in [0.4, 0.5) is 5.69 Å². The normalized spacial score (nSPS) is 21.6. The lowest BCUT2D eigenvalue weighted by Gasteiger charge is -2.28. The molecule has 136 valence electrons. The average Bonchev–Trinajstić information content (AvgIpc) is 3.02. The molecule has 0 aliphatic heterocycles. The van der Waals surface area contributed by atoms with Gasteiger partial charge in [0.15, 0.2) is 0 Å². The van der Waals surface area contributed by atoms with Gasteiger partial charge in [-0.1, -0.05) is 0 Å². The Hall–Kier alpha value is -1.93. The first-order chi connectivity index (χ1) is 11.8. The van der Waals surface area contributed by atoms with Crippen molar-refractivity contribution in [1.29, 1.82) is 0 Å². The van der Waals surface area contributed by atoms with E-state index in [1.807, 2.05) is 18.2 Å². The summed E-state index contributed by atoms with van der Waals surface area (Å²) in [5.41, 5.74) is 1.68. The van der Waals surface area contributed by atoms with E-state index in [0.29, 0.717) is 25.7 Å². The summed E-state index contributed by atoms with van der Waals surface area (Å²) >= 11 is 0. The molecule has 1 aromatic carbocycles. The molecule has 0 spiro atoms. The number of carbonyl (C=O) groups excluding carboxylic acids is 1. The lowest BCUT2D eigenvalue weighted by Crippen LogP contribution is -2.42. The Bertz CT molecular complexity index is 852. The Morgan fingerprint density at radius 1 is 1.24 bits per heavy atom. The van der Waals surface area contributed by atoms with Crippen molar-refractivity contribution in [2.45, 2.75) is 50.8 Å². The number of rotatable bonds is 5. The number of nitrogens with one attached hydrogen (secondary N) is 3. The van der Waals surface area contributed by atoms with Gasteiger partial charge in [-0.15, -0.1) is 0 Å². The zero-order chi connectivity index (χ0) is 18.0. The third kappa shape index (κ3) is 4.19. The van der Waals surface area contributed by atoms with Crippen LogP contribution in [0.25, 0.3) is 10.9 Å². The molecule has 0 atom stereocenters. The smallest absolute Gasteiger partial charge is 0.227 e. The topological polar surface area (TPSA) is 104 Å². The fourth-order valence-electron chi connectivity index (χ4n) is 3.11. The van der Waals surface area contributed by atoms with Crippen molar-refractivity contribution in [3.05, 3.63) is 24.4 Å². The maximum Gasteiger partial charge on any atom is 0.227 e. The van der Waals surface area contributed by atoms with Crippen LogP contribution in [0, 0.1) is 5.92 Å². The maximum absolute atomic E-state index is 12.5. The van der Waals surface area contributed by atoms with Crippen molar-refractivity contribution in [3.8, 4) is 0 Å². The quantitative estimate of drug-likeness (QED) is 0.758. The fourth-order valence-corrected chi connectivity index (χ4v) is 4.08. The minimum Gasteiger partial charge on any atom is -0.326 e. The molecule has 0 radical (unpaired) electrons. The SMILES string of the molecule is CC(C)S(=O)(=O)NC1CCC(C(=O)Nc2ccc3[nH]ncc3c2)CC1. The molecule has 0 saturated heterocycles. The molecule has 3 N–H and O–H groups in total. The van der Waals surface area contributed by atoms with Gasteiger partial charge >= 0.3 is 0 Å². The number of aromatic nitrogens is 2. The zero-order valence-electron chi connectivity index (χ0n) is 14.5. The first kappa shape index (κ1) is 17.9. The molecule has 1 fully saturated rings. The highest BCUT2D eigenvalue weighted by molar-refractivity contribution is 7.90. The van der Waals surface area contributed by atoms with E-state index < -0.39 is 15.3 Å². The molecule has 25 heavy (non-hydrogen) atoms. The van der Waals surface area contributed by atoms with Gasteiger partial charge in [-0.3, -0.25) is 9.89 Å². The summed E-state index contributed by atoms with van der Waals surface area (Å²) in [5, 5.41) is 10.3. The molecule has 1 aliphatic rings. The van der Waals surface area contributed by atoms with Gasteiger partial charge in [-0.05, 0) is 57.7 Å².